The Bertz CT molecular complexity index is 102. The number of rotatable bonds is 0. The molecule has 2 rings (SSSR count). The summed E-state index contributed by atoms with van der Waals surface area (Å²) in [5.74, 6) is 2.53. The molecular formula is C6H14Cl2N2S2. The van der Waals surface area contributed by atoms with E-state index in [9.17, 15) is 0 Å². The predicted octanol–water partition coefficient (Wildman–Crippen LogP) is 1.15. The lowest BCUT2D eigenvalue weighted by Crippen LogP contribution is -2.59. The van der Waals surface area contributed by atoms with Crippen molar-refractivity contribution in [2.45, 2.75) is 12.1 Å². The number of halogens is 2. The van der Waals surface area contributed by atoms with Crippen LogP contribution in [0.15, 0.2) is 0 Å². The molecule has 0 radical (unpaired) electrons. The van der Waals surface area contributed by atoms with Gasteiger partial charge in [0.05, 0.1) is 0 Å². The lowest BCUT2D eigenvalue weighted by atomic mass is 10.1. The molecule has 0 spiro atoms. The summed E-state index contributed by atoms with van der Waals surface area (Å²) in [6.07, 6.45) is 0. The molecule has 0 amide bonds. The molecule has 0 aromatic rings. The lowest BCUT2D eigenvalue weighted by molar-refractivity contribution is 0.365. The minimum atomic E-state index is 0. The standard InChI is InChI=1S/C6H12N2S2.2ClH/c1-2-8-6-4-10-9-3-5(6)7-1;;/h5-8H,1-4H2;2*1H/t5-,6+;;. The summed E-state index contributed by atoms with van der Waals surface area (Å²) < 4.78 is 0. The second kappa shape index (κ2) is 6.62. The number of hydrogen-bond donors (Lipinski definition) is 2. The Balaban J connectivity index is 0.000000605. The van der Waals surface area contributed by atoms with Crippen molar-refractivity contribution in [3.05, 3.63) is 0 Å². The zero-order valence-corrected chi connectivity index (χ0v) is 9.88. The van der Waals surface area contributed by atoms with Crippen LogP contribution in [0.4, 0.5) is 0 Å². The molecule has 2 aliphatic heterocycles. The molecule has 2 fully saturated rings. The van der Waals surface area contributed by atoms with E-state index < -0.39 is 0 Å². The predicted molar refractivity (Wildman–Crippen MR) is 63.0 cm³/mol. The van der Waals surface area contributed by atoms with E-state index in [0.29, 0.717) is 0 Å². The van der Waals surface area contributed by atoms with E-state index in [0.717, 1.165) is 25.2 Å². The molecule has 0 unspecified atom stereocenters. The van der Waals surface area contributed by atoms with Gasteiger partial charge in [-0.2, -0.15) is 0 Å². The van der Waals surface area contributed by atoms with Crippen LogP contribution in [-0.4, -0.2) is 36.7 Å². The Morgan fingerprint density at radius 1 is 0.833 bits per heavy atom. The fourth-order valence-corrected chi connectivity index (χ4v) is 4.04. The van der Waals surface area contributed by atoms with Crippen LogP contribution < -0.4 is 10.6 Å². The van der Waals surface area contributed by atoms with Crippen LogP contribution in [0, 0.1) is 0 Å². The van der Waals surface area contributed by atoms with Crippen molar-refractivity contribution in [2.75, 3.05) is 24.6 Å². The average Bonchev–Trinajstić information content (AvgIpc) is 2.05. The quantitative estimate of drug-likeness (QED) is 0.629. The van der Waals surface area contributed by atoms with Crippen molar-refractivity contribution in [3.8, 4) is 0 Å². The van der Waals surface area contributed by atoms with Crippen LogP contribution in [0.2, 0.25) is 0 Å². The van der Waals surface area contributed by atoms with Crippen molar-refractivity contribution in [3.63, 3.8) is 0 Å². The number of piperazine rings is 1. The van der Waals surface area contributed by atoms with Crippen LogP contribution >= 0.6 is 46.4 Å². The number of nitrogens with one attached hydrogen (secondary N) is 2. The Labute approximate surface area is 93.6 Å². The van der Waals surface area contributed by atoms with Crippen LogP contribution in [0.3, 0.4) is 0 Å². The summed E-state index contributed by atoms with van der Waals surface area (Å²) in [5, 5.41) is 7.05. The molecule has 2 saturated heterocycles. The van der Waals surface area contributed by atoms with Gasteiger partial charge in [0.2, 0.25) is 0 Å². The lowest BCUT2D eigenvalue weighted by Gasteiger charge is -2.36. The fraction of sp³-hybridized carbons (Fsp3) is 1.00. The van der Waals surface area contributed by atoms with Crippen LogP contribution in [0.25, 0.3) is 0 Å². The van der Waals surface area contributed by atoms with E-state index >= 15 is 0 Å². The molecule has 2 nitrogen and oxygen atoms in total. The van der Waals surface area contributed by atoms with E-state index in [1.807, 2.05) is 21.6 Å². The first kappa shape index (κ1) is 13.2. The van der Waals surface area contributed by atoms with Crippen molar-refractivity contribution in [1.29, 1.82) is 0 Å². The maximum atomic E-state index is 3.52. The van der Waals surface area contributed by atoms with E-state index in [2.05, 4.69) is 10.6 Å². The zero-order chi connectivity index (χ0) is 6.81. The average molecular weight is 249 g/mol. The Morgan fingerprint density at radius 2 is 1.25 bits per heavy atom. The third-order valence-corrected chi connectivity index (χ3v) is 4.48. The topological polar surface area (TPSA) is 24.1 Å². The normalized spacial score (nSPS) is 34.0. The highest BCUT2D eigenvalue weighted by Gasteiger charge is 2.27. The van der Waals surface area contributed by atoms with Crippen molar-refractivity contribution >= 4 is 46.4 Å². The van der Waals surface area contributed by atoms with Gasteiger partial charge in [-0.05, 0) is 0 Å². The molecule has 0 bridgehead atoms. The number of fused-ring (bicyclic) bond motifs is 1. The van der Waals surface area contributed by atoms with Crippen LogP contribution in [-0.2, 0) is 0 Å². The van der Waals surface area contributed by atoms with E-state index in [1.54, 1.807) is 0 Å². The van der Waals surface area contributed by atoms with Gasteiger partial charge in [-0.3, -0.25) is 0 Å². The summed E-state index contributed by atoms with van der Waals surface area (Å²) >= 11 is 0. The van der Waals surface area contributed by atoms with Gasteiger partial charge >= 0.3 is 0 Å². The van der Waals surface area contributed by atoms with Crippen molar-refractivity contribution in [2.24, 2.45) is 0 Å². The molecule has 6 heteroatoms. The van der Waals surface area contributed by atoms with Crippen LogP contribution in [0.1, 0.15) is 0 Å². The van der Waals surface area contributed by atoms with Gasteiger partial charge in [-0.15, -0.1) is 24.8 Å². The van der Waals surface area contributed by atoms with Gasteiger partial charge < -0.3 is 10.6 Å². The van der Waals surface area contributed by atoms with Gasteiger partial charge in [-0.25, -0.2) is 0 Å². The summed E-state index contributed by atoms with van der Waals surface area (Å²) in [6.45, 7) is 2.29. The van der Waals surface area contributed by atoms with Gasteiger partial charge in [-0.1, -0.05) is 21.6 Å². The molecule has 0 aliphatic carbocycles. The third-order valence-electron chi connectivity index (χ3n) is 2.00. The highest BCUT2D eigenvalue weighted by Crippen LogP contribution is 2.30. The molecule has 0 saturated carbocycles. The second-order valence-electron chi connectivity index (χ2n) is 2.69. The molecule has 74 valence electrons. The maximum absolute atomic E-state index is 3.52. The largest absolute Gasteiger partial charge is 0.310 e. The van der Waals surface area contributed by atoms with Crippen molar-refractivity contribution < 1.29 is 0 Å². The van der Waals surface area contributed by atoms with Gasteiger partial charge in [0, 0.05) is 36.7 Å². The molecule has 2 heterocycles. The van der Waals surface area contributed by atoms with E-state index in [1.165, 1.54) is 11.5 Å². The molecule has 2 N–H and O–H groups in total. The van der Waals surface area contributed by atoms with E-state index in [4.69, 9.17) is 0 Å². The fourth-order valence-electron chi connectivity index (χ4n) is 1.39. The first-order chi connectivity index (χ1) is 4.97. The van der Waals surface area contributed by atoms with Crippen LogP contribution in [0.5, 0.6) is 0 Å². The Kier molecular flexibility index (Phi) is 7.29. The molecule has 12 heavy (non-hydrogen) atoms. The molecule has 0 aromatic heterocycles. The Morgan fingerprint density at radius 3 is 1.67 bits per heavy atom. The number of hydrogen-bond acceptors (Lipinski definition) is 4. The minimum Gasteiger partial charge on any atom is -0.310 e. The summed E-state index contributed by atoms with van der Waals surface area (Å²) in [4.78, 5) is 0. The van der Waals surface area contributed by atoms with Gasteiger partial charge in [0.15, 0.2) is 0 Å². The SMILES string of the molecule is C1CN[C@@H]2CSSC[C@@H]2N1.Cl.Cl. The molecular weight excluding hydrogens is 235 g/mol. The van der Waals surface area contributed by atoms with Crippen molar-refractivity contribution in [1.82, 2.24) is 10.6 Å². The highest BCUT2D eigenvalue weighted by molar-refractivity contribution is 8.76. The summed E-state index contributed by atoms with van der Waals surface area (Å²) in [7, 11) is 3.99. The first-order valence-electron chi connectivity index (χ1n) is 3.68. The smallest absolute Gasteiger partial charge is 0.0329 e. The minimum absolute atomic E-state index is 0. The molecule has 0 aromatic carbocycles. The zero-order valence-electron chi connectivity index (χ0n) is 6.62. The molecule has 2 atom stereocenters. The Hall–Kier alpha value is 1.20. The van der Waals surface area contributed by atoms with Gasteiger partial charge in [0.1, 0.15) is 0 Å². The van der Waals surface area contributed by atoms with Gasteiger partial charge in [0.25, 0.3) is 0 Å². The highest BCUT2D eigenvalue weighted by atomic mass is 35.5. The monoisotopic (exact) mass is 248 g/mol. The second-order valence-corrected chi connectivity index (χ2v) is 5.24. The first-order valence-corrected chi connectivity index (χ1v) is 6.17. The third kappa shape index (κ3) is 3.16. The summed E-state index contributed by atoms with van der Waals surface area (Å²) in [6, 6.07) is 1.47. The summed E-state index contributed by atoms with van der Waals surface area (Å²) in [5.41, 5.74) is 0. The van der Waals surface area contributed by atoms with E-state index in [-0.39, 0.29) is 24.8 Å². The maximum Gasteiger partial charge on any atom is 0.0329 e. The molecule has 2 aliphatic rings.